The maximum absolute atomic E-state index is 6.03. The minimum atomic E-state index is 0.209. The number of anilines is 3. The van der Waals surface area contributed by atoms with Gasteiger partial charge >= 0.3 is 0 Å². The highest BCUT2D eigenvalue weighted by molar-refractivity contribution is 6.35. The van der Waals surface area contributed by atoms with Gasteiger partial charge in [-0.05, 0) is 12.1 Å². The standard InChI is InChI=1S/C12H13ClN4O2/c1-18-7-3-4-9(19-2)8(5-7)17-12-10(13)11(14)15-6-16-12/h3-6H,1-2H3,(H3,14,15,16,17). The van der Waals surface area contributed by atoms with Crippen LogP contribution < -0.4 is 20.5 Å². The number of ether oxygens (including phenoxy) is 2. The second-order valence-corrected chi connectivity index (χ2v) is 3.99. The van der Waals surface area contributed by atoms with Crippen LogP contribution in [-0.2, 0) is 0 Å². The second-order valence-electron chi connectivity index (χ2n) is 3.61. The molecule has 0 atom stereocenters. The Hall–Kier alpha value is -2.21. The van der Waals surface area contributed by atoms with Crippen LogP contribution in [0, 0.1) is 0 Å². The smallest absolute Gasteiger partial charge is 0.154 e. The minimum absolute atomic E-state index is 0.209. The van der Waals surface area contributed by atoms with Crippen molar-refractivity contribution in [3.63, 3.8) is 0 Å². The number of benzene rings is 1. The first-order chi connectivity index (χ1) is 9.15. The highest BCUT2D eigenvalue weighted by Crippen LogP contribution is 2.33. The third-order valence-electron chi connectivity index (χ3n) is 2.48. The van der Waals surface area contributed by atoms with Crippen LogP contribution >= 0.6 is 11.6 Å². The number of hydrogen-bond acceptors (Lipinski definition) is 6. The molecule has 0 spiro atoms. The SMILES string of the molecule is COc1ccc(OC)c(Nc2ncnc(N)c2Cl)c1. The van der Waals surface area contributed by atoms with Crippen molar-refractivity contribution in [1.82, 2.24) is 9.97 Å². The average molecular weight is 281 g/mol. The molecule has 0 saturated heterocycles. The number of halogens is 1. The van der Waals surface area contributed by atoms with Crippen molar-refractivity contribution in [3.05, 3.63) is 29.5 Å². The van der Waals surface area contributed by atoms with Gasteiger partial charge < -0.3 is 20.5 Å². The summed E-state index contributed by atoms with van der Waals surface area (Å²) < 4.78 is 10.4. The van der Waals surface area contributed by atoms with Gasteiger partial charge in [-0.15, -0.1) is 0 Å². The summed E-state index contributed by atoms with van der Waals surface area (Å²) in [7, 11) is 3.16. The van der Waals surface area contributed by atoms with Gasteiger partial charge in [0.2, 0.25) is 0 Å². The van der Waals surface area contributed by atoms with E-state index in [1.807, 2.05) is 0 Å². The Morgan fingerprint density at radius 1 is 1.21 bits per heavy atom. The van der Waals surface area contributed by atoms with Gasteiger partial charge in [0.05, 0.1) is 19.9 Å². The first kappa shape index (κ1) is 13.2. The van der Waals surface area contributed by atoms with Gasteiger partial charge in [-0.25, -0.2) is 9.97 Å². The number of aromatic nitrogens is 2. The van der Waals surface area contributed by atoms with Crippen LogP contribution in [0.3, 0.4) is 0 Å². The van der Waals surface area contributed by atoms with E-state index in [0.29, 0.717) is 23.0 Å². The Morgan fingerprint density at radius 3 is 2.68 bits per heavy atom. The predicted molar refractivity (Wildman–Crippen MR) is 74.3 cm³/mol. The molecule has 0 fully saturated rings. The maximum Gasteiger partial charge on any atom is 0.154 e. The zero-order valence-electron chi connectivity index (χ0n) is 10.5. The molecule has 2 aromatic rings. The molecular formula is C12H13ClN4O2. The van der Waals surface area contributed by atoms with E-state index in [0.717, 1.165) is 0 Å². The summed E-state index contributed by atoms with van der Waals surface area (Å²) in [5, 5.41) is 3.30. The summed E-state index contributed by atoms with van der Waals surface area (Å²) in [5.74, 6) is 1.93. The molecule has 7 heteroatoms. The van der Waals surface area contributed by atoms with Crippen LogP contribution in [0.15, 0.2) is 24.5 Å². The van der Waals surface area contributed by atoms with Crippen LogP contribution in [0.5, 0.6) is 11.5 Å². The lowest BCUT2D eigenvalue weighted by Gasteiger charge is -2.13. The third-order valence-corrected chi connectivity index (χ3v) is 2.85. The molecule has 19 heavy (non-hydrogen) atoms. The molecule has 2 rings (SSSR count). The van der Waals surface area contributed by atoms with Gasteiger partial charge in [0.1, 0.15) is 28.7 Å². The lowest BCUT2D eigenvalue weighted by Crippen LogP contribution is -2.01. The fourth-order valence-corrected chi connectivity index (χ4v) is 1.65. The zero-order valence-corrected chi connectivity index (χ0v) is 11.2. The summed E-state index contributed by atoms with van der Waals surface area (Å²) in [6.07, 6.45) is 1.33. The predicted octanol–water partition coefficient (Wildman–Crippen LogP) is 2.47. The van der Waals surface area contributed by atoms with Crippen LogP contribution in [0.2, 0.25) is 5.02 Å². The molecule has 1 aromatic carbocycles. The highest BCUT2D eigenvalue weighted by atomic mass is 35.5. The van der Waals surface area contributed by atoms with E-state index in [9.17, 15) is 0 Å². The number of methoxy groups -OCH3 is 2. The quantitative estimate of drug-likeness (QED) is 0.895. The van der Waals surface area contributed by atoms with Gasteiger partial charge in [0, 0.05) is 6.07 Å². The van der Waals surface area contributed by atoms with E-state index >= 15 is 0 Å². The molecule has 0 aliphatic carbocycles. The van der Waals surface area contributed by atoms with E-state index in [-0.39, 0.29) is 10.8 Å². The number of nitrogens with one attached hydrogen (secondary N) is 1. The van der Waals surface area contributed by atoms with E-state index < -0.39 is 0 Å². The number of nitrogen functional groups attached to an aromatic ring is 1. The van der Waals surface area contributed by atoms with E-state index in [2.05, 4.69) is 15.3 Å². The van der Waals surface area contributed by atoms with E-state index in [4.69, 9.17) is 26.8 Å². The van der Waals surface area contributed by atoms with Crippen molar-refractivity contribution < 1.29 is 9.47 Å². The van der Waals surface area contributed by atoms with E-state index in [1.54, 1.807) is 32.4 Å². The normalized spacial score (nSPS) is 10.1. The van der Waals surface area contributed by atoms with Crippen molar-refractivity contribution in [1.29, 1.82) is 0 Å². The fourth-order valence-electron chi connectivity index (χ4n) is 1.51. The Labute approximate surface area is 115 Å². The number of nitrogens with zero attached hydrogens (tertiary/aromatic N) is 2. The van der Waals surface area contributed by atoms with Crippen molar-refractivity contribution in [2.75, 3.05) is 25.3 Å². The largest absolute Gasteiger partial charge is 0.497 e. The molecule has 3 N–H and O–H groups in total. The zero-order chi connectivity index (χ0) is 13.8. The summed E-state index contributed by atoms with van der Waals surface area (Å²) in [5.41, 5.74) is 6.29. The lowest BCUT2D eigenvalue weighted by molar-refractivity contribution is 0.405. The second kappa shape index (κ2) is 5.62. The molecular weight excluding hydrogens is 268 g/mol. The van der Waals surface area contributed by atoms with Crippen molar-refractivity contribution in [2.24, 2.45) is 0 Å². The molecule has 0 saturated carbocycles. The Balaban J connectivity index is 2.39. The van der Waals surface area contributed by atoms with Crippen LogP contribution in [0.25, 0.3) is 0 Å². The summed E-state index contributed by atoms with van der Waals surface area (Å²) in [6.45, 7) is 0. The Kier molecular flexibility index (Phi) is 3.91. The molecule has 0 aliphatic rings. The van der Waals surface area contributed by atoms with Gasteiger partial charge in [0.15, 0.2) is 5.82 Å². The fraction of sp³-hybridized carbons (Fsp3) is 0.167. The molecule has 0 amide bonds. The molecule has 1 aromatic heterocycles. The van der Waals surface area contributed by atoms with Crippen LogP contribution in [0.1, 0.15) is 0 Å². The minimum Gasteiger partial charge on any atom is -0.497 e. The van der Waals surface area contributed by atoms with Gasteiger partial charge in [0.25, 0.3) is 0 Å². The number of hydrogen-bond donors (Lipinski definition) is 2. The molecule has 0 bridgehead atoms. The van der Waals surface area contributed by atoms with Gasteiger partial charge in [-0.1, -0.05) is 11.6 Å². The monoisotopic (exact) mass is 280 g/mol. The molecule has 0 aliphatic heterocycles. The van der Waals surface area contributed by atoms with Gasteiger partial charge in [-0.3, -0.25) is 0 Å². The first-order valence-electron chi connectivity index (χ1n) is 5.40. The topological polar surface area (TPSA) is 82.3 Å². The maximum atomic E-state index is 6.03. The number of nitrogens with two attached hydrogens (primary N) is 1. The highest BCUT2D eigenvalue weighted by Gasteiger charge is 2.10. The summed E-state index contributed by atoms with van der Waals surface area (Å²) in [6, 6.07) is 5.34. The summed E-state index contributed by atoms with van der Waals surface area (Å²) in [4.78, 5) is 7.83. The first-order valence-corrected chi connectivity index (χ1v) is 5.78. The van der Waals surface area contributed by atoms with Gasteiger partial charge in [-0.2, -0.15) is 0 Å². The van der Waals surface area contributed by atoms with Crippen molar-refractivity contribution in [3.8, 4) is 11.5 Å². The molecule has 0 unspecified atom stereocenters. The van der Waals surface area contributed by atoms with Crippen LogP contribution in [0.4, 0.5) is 17.3 Å². The molecule has 1 heterocycles. The molecule has 6 nitrogen and oxygen atoms in total. The average Bonchev–Trinajstić information content (AvgIpc) is 2.43. The summed E-state index contributed by atoms with van der Waals surface area (Å²) >= 11 is 6.03. The Bertz CT molecular complexity index is 592. The van der Waals surface area contributed by atoms with Crippen molar-refractivity contribution >= 4 is 28.9 Å². The number of rotatable bonds is 4. The van der Waals surface area contributed by atoms with E-state index in [1.165, 1.54) is 6.33 Å². The third kappa shape index (κ3) is 2.79. The van der Waals surface area contributed by atoms with Crippen molar-refractivity contribution in [2.45, 2.75) is 0 Å². The lowest BCUT2D eigenvalue weighted by atomic mass is 10.2. The molecule has 0 radical (unpaired) electrons. The van der Waals surface area contributed by atoms with Crippen LogP contribution in [-0.4, -0.2) is 24.2 Å². The molecule has 100 valence electrons. The Morgan fingerprint density at radius 2 is 2.00 bits per heavy atom.